The Hall–Kier alpha value is -1.71. The van der Waals surface area contributed by atoms with E-state index in [9.17, 15) is 4.79 Å². The van der Waals surface area contributed by atoms with Gasteiger partial charge in [-0.1, -0.05) is 6.07 Å². The first-order valence-corrected chi connectivity index (χ1v) is 7.06. The van der Waals surface area contributed by atoms with Crippen molar-refractivity contribution >= 4 is 5.97 Å². The summed E-state index contributed by atoms with van der Waals surface area (Å²) in [6.07, 6.45) is 1.65. The summed E-state index contributed by atoms with van der Waals surface area (Å²) in [4.78, 5) is 10.6. The summed E-state index contributed by atoms with van der Waals surface area (Å²) in [5.74, 6) is 0.789. The Labute approximate surface area is 120 Å². The van der Waals surface area contributed by atoms with Gasteiger partial charge in [-0.25, -0.2) is 0 Å². The molecule has 0 amide bonds. The molecule has 0 saturated heterocycles. The van der Waals surface area contributed by atoms with Crippen LogP contribution in [-0.2, 0) is 11.2 Å². The molecular weight excluding hydrogens is 256 g/mol. The Morgan fingerprint density at radius 3 is 2.35 bits per heavy atom. The maximum absolute atomic E-state index is 10.6. The summed E-state index contributed by atoms with van der Waals surface area (Å²) in [6.45, 7) is 7.89. The lowest BCUT2D eigenvalue weighted by Gasteiger charge is -2.17. The maximum atomic E-state index is 10.6. The molecule has 0 unspecified atom stereocenters. The van der Waals surface area contributed by atoms with Crippen LogP contribution in [0.5, 0.6) is 11.5 Å². The molecule has 4 nitrogen and oxygen atoms in total. The first-order chi connectivity index (χ1) is 9.38. The molecule has 0 bridgehead atoms. The molecule has 1 N–H and O–H groups in total. The lowest BCUT2D eigenvalue weighted by Crippen LogP contribution is -2.10. The van der Waals surface area contributed by atoms with Crippen LogP contribution in [0, 0.1) is 0 Å². The third kappa shape index (κ3) is 5.95. The van der Waals surface area contributed by atoms with Crippen molar-refractivity contribution in [3.05, 3.63) is 23.8 Å². The number of rotatable bonds is 8. The number of carboxylic acids is 1. The van der Waals surface area contributed by atoms with Gasteiger partial charge in [-0.05, 0) is 52.2 Å². The Morgan fingerprint density at radius 2 is 1.80 bits per heavy atom. The number of hydrogen-bond acceptors (Lipinski definition) is 3. The average molecular weight is 280 g/mol. The third-order valence-electron chi connectivity index (χ3n) is 2.61. The lowest BCUT2D eigenvalue weighted by molar-refractivity contribution is -0.137. The fourth-order valence-electron chi connectivity index (χ4n) is 1.88. The molecule has 0 saturated carbocycles. The zero-order chi connectivity index (χ0) is 15.1. The van der Waals surface area contributed by atoms with Gasteiger partial charge in [0.15, 0.2) is 0 Å². The summed E-state index contributed by atoms with van der Waals surface area (Å²) >= 11 is 0. The molecule has 1 rings (SSSR count). The molecule has 0 radical (unpaired) electrons. The minimum Gasteiger partial charge on any atom is -0.491 e. The summed E-state index contributed by atoms with van der Waals surface area (Å²) in [5.41, 5.74) is 1.02. The van der Waals surface area contributed by atoms with Crippen molar-refractivity contribution in [2.45, 2.75) is 59.2 Å². The van der Waals surface area contributed by atoms with Gasteiger partial charge in [0.1, 0.15) is 11.5 Å². The molecule has 0 spiro atoms. The molecule has 0 aromatic heterocycles. The number of carbonyl (C=O) groups is 1. The molecule has 0 aliphatic heterocycles. The number of aliphatic carboxylic acids is 1. The van der Waals surface area contributed by atoms with E-state index in [1.165, 1.54) is 0 Å². The van der Waals surface area contributed by atoms with Crippen LogP contribution in [-0.4, -0.2) is 23.3 Å². The van der Waals surface area contributed by atoms with Crippen molar-refractivity contribution in [2.75, 3.05) is 0 Å². The van der Waals surface area contributed by atoms with E-state index in [4.69, 9.17) is 14.6 Å². The highest BCUT2D eigenvalue weighted by atomic mass is 16.5. The first kappa shape index (κ1) is 16.3. The second-order valence-corrected chi connectivity index (χ2v) is 5.35. The lowest BCUT2D eigenvalue weighted by atomic mass is 10.1. The van der Waals surface area contributed by atoms with Crippen LogP contribution >= 0.6 is 0 Å². The van der Waals surface area contributed by atoms with E-state index >= 15 is 0 Å². The standard InChI is InChI=1S/C16H24O4/c1-11(2)19-14-9-8-13(6-5-7-16(17)18)15(10-14)20-12(3)4/h8-12H,5-7H2,1-4H3,(H,17,18). The predicted octanol–water partition coefficient (Wildman–Crippen LogP) is 3.67. The van der Waals surface area contributed by atoms with E-state index in [0.717, 1.165) is 17.1 Å². The third-order valence-corrected chi connectivity index (χ3v) is 2.61. The zero-order valence-electron chi connectivity index (χ0n) is 12.7. The maximum Gasteiger partial charge on any atom is 0.303 e. The minimum atomic E-state index is -0.768. The molecule has 1 aromatic rings. The minimum absolute atomic E-state index is 0.0718. The predicted molar refractivity (Wildman–Crippen MR) is 78.5 cm³/mol. The number of aryl methyl sites for hydroxylation is 1. The van der Waals surface area contributed by atoms with Crippen molar-refractivity contribution in [1.82, 2.24) is 0 Å². The van der Waals surface area contributed by atoms with Gasteiger partial charge in [0.25, 0.3) is 0 Å². The van der Waals surface area contributed by atoms with Crippen molar-refractivity contribution in [3.63, 3.8) is 0 Å². The van der Waals surface area contributed by atoms with Crippen LogP contribution in [0.3, 0.4) is 0 Å². The van der Waals surface area contributed by atoms with Gasteiger partial charge >= 0.3 is 5.97 Å². The van der Waals surface area contributed by atoms with Crippen LogP contribution in [0.15, 0.2) is 18.2 Å². The fraction of sp³-hybridized carbons (Fsp3) is 0.562. The van der Waals surface area contributed by atoms with Gasteiger partial charge in [0, 0.05) is 12.5 Å². The Morgan fingerprint density at radius 1 is 1.15 bits per heavy atom. The largest absolute Gasteiger partial charge is 0.491 e. The molecule has 1 aromatic carbocycles. The Bertz CT molecular complexity index is 438. The van der Waals surface area contributed by atoms with Crippen molar-refractivity contribution < 1.29 is 19.4 Å². The van der Waals surface area contributed by atoms with E-state index in [2.05, 4.69) is 0 Å². The van der Waals surface area contributed by atoms with E-state index in [-0.39, 0.29) is 18.6 Å². The van der Waals surface area contributed by atoms with Crippen molar-refractivity contribution in [2.24, 2.45) is 0 Å². The van der Waals surface area contributed by atoms with Gasteiger partial charge < -0.3 is 14.6 Å². The van der Waals surface area contributed by atoms with Crippen LogP contribution in [0.1, 0.15) is 46.1 Å². The van der Waals surface area contributed by atoms with E-state index in [0.29, 0.717) is 12.8 Å². The SMILES string of the molecule is CC(C)Oc1ccc(CCCC(=O)O)c(OC(C)C)c1. The Kier molecular flexibility index (Phi) is 6.36. The number of carboxylic acid groups (broad SMARTS) is 1. The highest BCUT2D eigenvalue weighted by molar-refractivity contribution is 5.66. The van der Waals surface area contributed by atoms with Gasteiger partial charge in [-0.2, -0.15) is 0 Å². The second kappa shape index (κ2) is 7.78. The molecule has 0 heterocycles. The smallest absolute Gasteiger partial charge is 0.303 e. The van der Waals surface area contributed by atoms with E-state index < -0.39 is 5.97 Å². The van der Waals surface area contributed by atoms with Crippen LogP contribution in [0.25, 0.3) is 0 Å². The number of hydrogen-bond donors (Lipinski definition) is 1. The molecule has 20 heavy (non-hydrogen) atoms. The average Bonchev–Trinajstić information content (AvgIpc) is 2.29. The Balaban J connectivity index is 2.82. The number of benzene rings is 1. The highest BCUT2D eigenvalue weighted by Gasteiger charge is 2.09. The zero-order valence-corrected chi connectivity index (χ0v) is 12.7. The normalized spacial score (nSPS) is 10.9. The molecule has 0 atom stereocenters. The van der Waals surface area contributed by atoms with Crippen LogP contribution in [0.4, 0.5) is 0 Å². The molecular formula is C16H24O4. The number of ether oxygens (including phenoxy) is 2. The molecule has 0 fully saturated rings. The quantitative estimate of drug-likeness (QED) is 0.789. The van der Waals surface area contributed by atoms with Gasteiger partial charge in [0.05, 0.1) is 12.2 Å². The summed E-state index contributed by atoms with van der Waals surface area (Å²) < 4.78 is 11.5. The fourth-order valence-corrected chi connectivity index (χ4v) is 1.88. The van der Waals surface area contributed by atoms with Gasteiger partial charge in [0.2, 0.25) is 0 Å². The molecule has 112 valence electrons. The molecule has 0 aliphatic rings. The second-order valence-electron chi connectivity index (χ2n) is 5.35. The topological polar surface area (TPSA) is 55.8 Å². The van der Waals surface area contributed by atoms with Crippen molar-refractivity contribution in [3.8, 4) is 11.5 Å². The van der Waals surface area contributed by atoms with Gasteiger partial charge in [-0.3, -0.25) is 4.79 Å². The van der Waals surface area contributed by atoms with Crippen LogP contribution < -0.4 is 9.47 Å². The first-order valence-electron chi connectivity index (χ1n) is 7.06. The van der Waals surface area contributed by atoms with Gasteiger partial charge in [-0.15, -0.1) is 0 Å². The molecule has 4 heteroatoms. The highest BCUT2D eigenvalue weighted by Crippen LogP contribution is 2.28. The summed E-state index contributed by atoms with van der Waals surface area (Å²) in [7, 11) is 0. The van der Waals surface area contributed by atoms with E-state index in [1.807, 2.05) is 45.9 Å². The summed E-state index contributed by atoms with van der Waals surface area (Å²) in [5, 5.41) is 8.70. The van der Waals surface area contributed by atoms with E-state index in [1.54, 1.807) is 0 Å². The van der Waals surface area contributed by atoms with Crippen LogP contribution in [0.2, 0.25) is 0 Å². The monoisotopic (exact) mass is 280 g/mol. The van der Waals surface area contributed by atoms with Crippen molar-refractivity contribution in [1.29, 1.82) is 0 Å². The summed E-state index contributed by atoms with van der Waals surface area (Å²) in [6, 6.07) is 5.75. The molecule has 0 aliphatic carbocycles.